The summed E-state index contributed by atoms with van der Waals surface area (Å²) >= 11 is 5.81. The number of hydrogen-bond acceptors (Lipinski definition) is 3. The molecule has 0 fully saturated rings. The third-order valence-corrected chi connectivity index (χ3v) is 2.32. The highest BCUT2D eigenvalue weighted by Gasteiger charge is 2.04. The van der Waals surface area contributed by atoms with E-state index in [0.29, 0.717) is 10.6 Å². The summed E-state index contributed by atoms with van der Waals surface area (Å²) in [4.78, 5) is 0. The number of hydrogen-bond donors (Lipinski definition) is 1. The van der Waals surface area contributed by atoms with Crippen molar-refractivity contribution in [2.24, 2.45) is 7.05 Å². The van der Waals surface area contributed by atoms with Gasteiger partial charge in [-0.2, -0.15) is 10.4 Å². The fourth-order valence-electron chi connectivity index (χ4n) is 1.36. The van der Waals surface area contributed by atoms with Gasteiger partial charge < -0.3 is 5.32 Å². The van der Waals surface area contributed by atoms with Gasteiger partial charge in [0.15, 0.2) is 0 Å². The monoisotopic (exact) mass is 232 g/mol. The maximum absolute atomic E-state index is 8.96. The summed E-state index contributed by atoms with van der Waals surface area (Å²) in [5, 5.41) is 16.6. The van der Waals surface area contributed by atoms with Crippen LogP contribution in [0.1, 0.15) is 5.56 Å². The Hall–Kier alpha value is -1.99. The molecule has 0 unspecified atom stereocenters. The molecule has 0 saturated heterocycles. The van der Waals surface area contributed by atoms with Crippen molar-refractivity contribution in [3.8, 4) is 6.07 Å². The van der Waals surface area contributed by atoms with Crippen LogP contribution in [0.2, 0.25) is 5.02 Å². The van der Waals surface area contributed by atoms with E-state index in [-0.39, 0.29) is 0 Å². The van der Waals surface area contributed by atoms with E-state index in [4.69, 9.17) is 16.9 Å². The zero-order valence-corrected chi connectivity index (χ0v) is 9.36. The number of nitrogens with zero attached hydrogens (tertiary/aromatic N) is 3. The third kappa shape index (κ3) is 2.15. The number of aryl methyl sites for hydroxylation is 1. The lowest BCUT2D eigenvalue weighted by molar-refractivity contribution is 0.768. The summed E-state index contributed by atoms with van der Waals surface area (Å²) in [5.74, 6) is 0. The van der Waals surface area contributed by atoms with E-state index in [1.807, 2.05) is 13.2 Å². The van der Waals surface area contributed by atoms with Gasteiger partial charge in [0.25, 0.3) is 0 Å². The summed E-state index contributed by atoms with van der Waals surface area (Å²) in [7, 11) is 1.83. The molecule has 0 spiro atoms. The van der Waals surface area contributed by atoms with E-state index in [2.05, 4.69) is 16.5 Å². The number of rotatable bonds is 2. The van der Waals surface area contributed by atoms with Crippen LogP contribution in [0.3, 0.4) is 0 Å². The number of nitriles is 1. The first-order valence-electron chi connectivity index (χ1n) is 4.64. The minimum absolute atomic E-state index is 0.511. The molecule has 0 bridgehead atoms. The molecule has 0 aliphatic heterocycles. The van der Waals surface area contributed by atoms with Crippen LogP contribution in [-0.4, -0.2) is 9.78 Å². The van der Waals surface area contributed by atoms with Crippen molar-refractivity contribution in [2.75, 3.05) is 5.32 Å². The van der Waals surface area contributed by atoms with Gasteiger partial charge in [-0.1, -0.05) is 11.6 Å². The number of aromatic nitrogens is 2. The second kappa shape index (κ2) is 4.25. The molecule has 0 amide bonds. The molecular formula is C11H9ClN4. The highest BCUT2D eigenvalue weighted by molar-refractivity contribution is 6.30. The predicted octanol–water partition coefficient (Wildman–Crippen LogP) is 2.69. The Morgan fingerprint density at radius 1 is 1.50 bits per heavy atom. The van der Waals surface area contributed by atoms with Crippen LogP contribution in [0.25, 0.3) is 0 Å². The quantitative estimate of drug-likeness (QED) is 0.866. The van der Waals surface area contributed by atoms with Gasteiger partial charge in [-0.25, -0.2) is 0 Å². The van der Waals surface area contributed by atoms with E-state index < -0.39 is 0 Å². The van der Waals surface area contributed by atoms with Crippen LogP contribution >= 0.6 is 11.6 Å². The minimum Gasteiger partial charge on any atom is -0.352 e. The lowest BCUT2D eigenvalue weighted by Crippen LogP contribution is -1.92. The minimum atomic E-state index is 0.511. The third-order valence-electron chi connectivity index (χ3n) is 2.09. The topological polar surface area (TPSA) is 53.6 Å². The average molecular weight is 233 g/mol. The van der Waals surface area contributed by atoms with Gasteiger partial charge in [0.05, 0.1) is 23.1 Å². The Morgan fingerprint density at radius 2 is 2.31 bits per heavy atom. The second-order valence-electron chi connectivity index (χ2n) is 3.33. The largest absolute Gasteiger partial charge is 0.352 e. The lowest BCUT2D eigenvalue weighted by atomic mass is 10.2. The van der Waals surface area contributed by atoms with Crippen molar-refractivity contribution < 1.29 is 0 Å². The molecule has 2 rings (SSSR count). The summed E-state index contributed by atoms with van der Waals surface area (Å²) in [6.07, 6.45) is 3.52. The van der Waals surface area contributed by atoms with Gasteiger partial charge in [0, 0.05) is 18.3 Å². The summed E-state index contributed by atoms with van der Waals surface area (Å²) in [6, 6.07) is 7.22. The van der Waals surface area contributed by atoms with Gasteiger partial charge >= 0.3 is 0 Å². The molecular weight excluding hydrogens is 224 g/mol. The summed E-state index contributed by atoms with van der Waals surface area (Å²) < 4.78 is 1.68. The zero-order valence-electron chi connectivity index (χ0n) is 8.61. The average Bonchev–Trinajstić information content (AvgIpc) is 2.67. The summed E-state index contributed by atoms with van der Waals surface area (Å²) in [6.45, 7) is 0. The lowest BCUT2D eigenvalue weighted by Gasteiger charge is -2.05. The Morgan fingerprint density at radius 3 is 2.94 bits per heavy atom. The van der Waals surface area contributed by atoms with Crippen molar-refractivity contribution in [2.45, 2.75) is 0 Å². The first-order valence-corrected chi connectivity index (χ1v) is 5.02. The van der Waals surface area contributed by atoms with E-state index in [1.165, 1.54) is 0 Å². The standard InChI is InChI=1S/C11H9ClN4/c1-16-7-10(6-14-16)15-11-3-2-9(12)4-8(11)5-13/h2-4,6-7,15H,1H3. The van der Waals surface area contributed by atoms with Gasteiger partial charge in [-0.3, -0.25) is 4.68 Å². The highest BCUT2D eigenvalue weighted by Crippen LogP contribution is 2.23. The number of halogens is 1. The van der Waals surface area contributed by atoms with Crippen LogP contribution in [0.15, 0.2) is 30.6 Å². The van der Waals surface area contributed by atoms with Crippen molar-refractivity contribution in [1.82, 2.24) is 9.78 Å². The smallest absolute Gasteiger partial charge is 0.101 e. The molecule has 5 heteroatoms. The molecule has 16 heavy (non-hydrogen) atoms. The van der Waals surface area contributed by atoms with Gasteiger partial charge in [0.1, 0.15) is 6.07 Å². The Bertz CT molecular complexity index is 553. The molecule has 1 N–H and O–H groups in total. The molecule has 0 aliphatic rings. The second-order valence-corrected chi connectivity index (χ2v) is 3.77. The molecule has 2 aromatic rings. The van der Waals surface area contributed by atoms with Crippen LogP contribution in [-0.2, 0) is 7.05 Å². The van der Waals surface area contributed by atoms with E-state index in [0.717, 1.165) is 11.4 Å². The Labute approximate surface area is 98.1 Å². The summed E-state index contributed by atoms with van der Waals surface area (Å²) in [5.41, 5.74) is 2.07. The molecule has 1 aromatic carbocycles. The van der Waals surface area contributed by atoms with E-state index in [9.17, 15) is 0 Å². The van der Waals surface area contributed by atoms with Gasteiger partial charge in [-0.15, -0.1) is 0 Å². The normalized spacial score (nSPS) is 9.81. The van der Waals surface area contributed by atoms with Gasteiger partial charge in [-0.05, 0) is 18.2 Å². The number of benzene rings is 1. The Balaban J connectivity index is 2.31. The van der Waals surface area contributed by atoms with Crippen LogP contribution in [0, 0.1) is 11.3 Å². The fourth-order valence-corrected chi connectivity index (χ4v) is 1.53. The molecule has 0 aliphatic carbocycles. The van der Waals surface area contributed by atoms with Gasteiger partial charge in [0.2, 0.25) is 0 Å². The van der Waals surface area contributed by atoms with E-state index >= 15 is 0 Å². The molecule has 0 atom stereocenters. The first kappa shape index (κ1) is 10.5. The fraction of sp³-hybridized carbons (Fsp3) is 0.0909. The van der Waals surface area contributed by atoms with Crippen molar-refractivity contribution >= 4 is 23.0 Å². The van der Waals surface area contributed by atoms with Crippen molar-refractivity contribution in [1.29, 1.82) is 5.26 Å². The number of anilines is 2. The Kier molecular flexibility index (Phi) is 2.80. The van der Waals surface area contributed by atoms with Crippen molar-refractivity contribution in [3.05, 3.63) is 41.2 Å². The van der Waals surface area contributed by atoms with Crippen molar-refractivity contribution in [3.63, 3.8) is 0 Å². The maximum atomic E-state index is 8.96. The highest BCUT2D eigenvalue weighted by atomic mass is 35.5. The molecule has 1 aromatic heterocycles. The molecule has 1 heterocycles. The van der Waals surface area contributed by atoms with Crippen LogP contribution in [0.4, 0.5) is 11.4 Å². The molecule has 4 nitrogen and oxygen atoms in total. The molecule has 0 saturated carbocycles. The first-order chi connectivity index (χ1) is 7.69. The van der Waals surface area contributed by atoms with E-state index in [1.54, 1.807) is 29.1 Å². The number of nitrogens with one attached hydrogen (secondary N) is 1. The van der Waals surface area contributed by atoms with Crippen LogP contribution < -0.4 is 5.32 Å². The van der Waals surface area contributed by atoms with Crippen LogP contribution in [0.5, 0.6) is 0 Å². The predicted molar refractivity (Wildman–Crippen MR) is 62.7 cm³/mol. The molecule has 80 valence electrons. The SMILES string of the molecule is Cn1cc(Nc2ccc(Cl)cc2C#N)cn1. The molecule has 0 radical (unpaired) electrons. The maximum Gasteiger partial charge on any atom is 0.101 e. The zero-order chi connectivity index (χ0) is 11.5.